The summed E-state index contributed by atoms with van der Waals surface area (Å²) in [5, 5.41) is 2.88. The number of aldehydes is 1. The van der Waals surface area contributed by atoms with E-state index in [2.05, 4.69) is 5.32 Å². The van der Waals surface area contributed by atoms with E-state index in [9.17, 15) is 9.59 Å². The summed E-state index contributed by atoms with van der Waals surface area (Å²) in [6, 6.07) is 10.8. The van der Waals surface area contributed by atoms with Gasteiger partial charge in [-0.2, -0.15) is 0 Å². The number of hydrogen-bond donors (Lipinski definition) is 1. The Morgan fingerprint density at radius 2 is 2.11 bits per heavy atom. The van der Waals surface area contributed by atoms with Crippen molar-refractivity contribution in [3.05, 3.63) is 42.2 Å². The first kappa shape index (κ1) is 11.7. The Morgan fingerprint density at radius 3 is 2.79 bits per heavy atom. The molecule has 4 heteroatoms. The third-order valence-electron chi connectivity index (χ3n) is 3.11. The maximum absolute atomic E-state index is 11.7. The minimum absolute atomic E-state index is 0.0742. The van der Waals surface area contributed by atoms with E-state index in [4.69, 9.17) is 4.42 Å². The smallest absolute Gasteiger partial charge is 0.227 e. The van der Waals surface area contributed by atoms with Crippen LogP contribution in [-0.2, 0) is 4.79 Å². The lowest BCUT2D eigenvalue weighted by atomic mass is 10.1. The number of nitrogens with one attached hydrogen (secondary N) is 1. The molecule has 0 atom stereocenters. The van der Waals surface area contributed by atoms with Crippen molar-refractivity contribution in [1.29, 1.82) is 0 Å². The Morgan fingerprint density at radius 1 is 1.26 bits per heavy atom. The van der Waals surface area contributed by atoms with Gasteiger partial charge < -0.3 is 9.73 Å². The molecule has 1 saturated carbocycles. The zero-order valence-corrected chi connectivity index (χ0v) is 10.3. The highest BCUT2D eigenvalue weighted by Gasteiger charge is 2.29. The predicted octanol–water partition coefficient (Wildman–Crippen LogP) is 3.11. The average molecular weight is 255 g/mol. The maximum Gasteiger partial charge on any atom is 0.227 e. The SMILES string of the molecule is O=Cc1ccc(-c2cccc(NC(=O)C3CC3)c2)o1. The molecule has 19 heavy (non-hydrogen) atoms. The topological polar surface area (TPSA) is 59.3 Å². The van der Waals surface area contributed by atoms with Crippen molar-refractivity contribution in [2.75, 3.05) is 5.32 Å². The van der Waals surface area contributed by atoms with Gasteiger partial charge in [0, 0.05) is 17.2 Å². The minimum Gasteiger partial charge on any atom is -0.453 e. The first-order valence-electron chi connectivity index (χ1n) is 6.22. The van der Waals surface area contributed by atoms with E-state index in [0.717, 1.165) is 24.1 Å². The molecule has 0 radical (unpaired) electrons. The van der Waals surface area contributed by atoms with Crippen LogP contribution < -0.4 is 5.32 Å². The summed E-state index contributed by atoms with van der Waals surface area (Å²) in [5.41, 5.74) is 1.58. The number of furan rings is 1. The highest BCUT2D eigenvalue weighted by molar-refractivity contribution is 5.94. The molecule has 1 aromatic carbocycles. The van der Waals surface area contributed by atoms with E-state index in [-0.39, 0.29) is 11.8 Å². The largest absolute Gasteiger partial charge is 0.453 e. The Hall–Kier alpha value is -2.36. The maximum atomic E-state index is 11.7. The molecule has 1 N–H and O–H groups in total. The minimum atomic E-state index is 0.0742. The lowest BCUT2D eigenvalue weighted by Gasteiger charge is -2.05. The average Bonchev–Trinajstić information content (AvgIpc) is 3.17. The molecule has 2 aromatic rings. The predicted molar refractivity (Wildman–Crippen MR) is 70.9 cm³/mol. The van der Waals surface area contributed by atoms with Crippen LogP contribution in [0.4, 0.5) is 5.69 Å². The van der Waals surface area contributed by atoms with Gasteiger partial charge in [0.15, 0.2) is 12.0 Å². The van der Waals surface area contributed by atoms with Crippen LogP contribution in [0.3, 0.4) is 0 Å². The van der Waals surface area contributed by atoms with Gasteiger partial charge in [0.2, 0.25) is 5.91 Å². The number of benzene rings is 1. The first-order valence-corrected chi connectivity index (χ1v) is 6.22. The molecule has 3 rings (SSSR count). The van der Waals surface area contributed by atoms with Crippen LogP contribution in [-0.4, -0.2) is 12.2 Å². The second kappa shape index (κ2) is 4.72. The lowest BCUT2D eigenvalue weighted by molar-refractivity contribution is -0.117. The fourth-order valence-electron chi connectivity index (χ4n) is 1.91. The third kappa shape index (κ3) is 2.57. The van der Waals surface area contributed by atoms with Crippen molar-refractivity contribution in [2.24, 2.45) is 5.92 Å². The summed E-state index contributed by atoms with van der Waals surface area (Å²) >= 11 is 0. The van der Waals surface area contributed by atoms with Gasteiger partial charge in [-0.1, -0.05) is 12.1 Å². The summed E-state index contributed by atoms with van der Waals surface area (Å²) in [6.45, 7) is 0. The molecule has 1 aliphatic rings. The molecule has 0 saturated heterocycles. The van der Waals surface area contributed by atoms with Crippen molar-refractivity contribution in [2.45, 2.75) is 12.8 Å². The van der Waals surface area contributed by atoms with Gasteiger partial charge in [-0.25, -0.2) is 0 Å². The van der Waals surface area contributed by atoms with Gasteiger partial charge in [0.05, 0.1) is 0 Å². The Kier molecular flexibility index (Phi) is 2.91. The Balaban J connectivity index is 1.82. The summed E-state index contributed by atoms with van der Waals surface area (Å²) < 4.78 is 5.36. The molecular weight excluding hydrogens is 242 g/mol. The van der Waals surface area contributed by atoms with Crippen LogP contribution in [0.5, 0.6) is 0 Å². The van der Waals surface area contributed by atoms with Crippen LogP contribution in [0.25, 0.3) is 11.3 Å². The zero-order chi connectivity index (χ0) is 13.2. The molecule has 0 spiro atoms. The third-order valence-corrected chi connectivity index (χ3v) is 3.11. The molecule has 96 valence electrons. The number of amides is 1. The van der Waals surface area contributed by atoms with Gasteiger partial charge in [-0.15, -0.1) is 0 Å². The van der Waals surface area contributed by atoms with E-state index < -0.39 is 0 Å². The van der Waals surface area contributed by atoms with Crippen molar-refractivity contribution in [3.8, 4) is 11.3 Å². The number of carbonyl (C=O) groups is 2. The zero-order valence-electron chi connectivity index (χ0n) is 10.3. The summed E-state index contributed by atoms with van der Waals surface area (Å²) in [7, 11) is 0. The van der Waals surface area contributed by atoms with E-state index >= 15 is 0 Å². The Bertz CT molecular complexity index is 626. The fraction of sp³-hybridized carbons (Fsp3) is 0.200. The molecule has 1 heterocycles. The number of hydrogen-bond acceptors (Lipinski definition) is 3. The van der Waals surface area contributed by atoms with Gasteiger partial charge in [-0.05, 0) is 37.1 Å². The molecule has 0 bridgehead atoms. The molecule has 0 aliphatic heterocycles. The molecule has 1 fully saturated rings. The van der Waals surface area contributed by atoms with Crippen LogP contribution in [0.2, 0.25) is 0 Å². The molecular formula is C15H13NO3. The lowest BCUT2D eigenvalue weighted by Crippen LogP contribution is -2.13. The normalized spacial score (nSPS) is 14.1. The van der Waals surface area contributed by atoms with Gasteiger partial charge in [0.25, 0.3) is 0 Å². The number of rotatable bonds is 4. The second-order valence-electron chi connectivity index (χ2n) is 4.66. The van der Waals surface area contributed by atoms with Crippen LogP contribution >= 0.6 is 0 Å². The summed E-state index contributed by atoms with van der Waals surface area (Å²) in [5.74, 6) is 1.16. The van der Waals surface area contributed by atoms with Crippen LogP contribution in [0, 0.1) is 5.92 Å². The van der Waals surface area contributed by atoms with Crippen LogP contribution in [0.15, 0.2) is 40.8 Å². The first-order chi connectivity index (χ1) is 9.26. The monoisotopic (exact) mass is 255 g/mol. The molecule has 1 aromatic heterocycles. The van der Waals surface area contributed by atoms with Crippen LogP contribution in [0.1, 0.15) is 23.4 Å². The molecule has 0 unspecified atom stereocenters. The van der Waals surface area contributed by atoms with Crippen molar-refractivity contribution in [1.82, 2.24) is 0 Å². The van der Waals surface area contributed by atoms with Gasteiger partial charge in [-0.3, -0.25) is 9.59 Å². The second-order valence-corrected chi connectivity index (χ2v) is 4.66. The Labute approximate surface area is 110 Å². The van der Waals surface area contributed by atoms with E-state index in [1.165, 1.54) is 0 Å². The highest BCUT2D eigenvalue weighted by Crippen LogP contribution is 2.31. The van der Waals surface area contributed by atoms with Crippen molar-refractivity contribution in [3.63, 3.8) is 0 Å². The highest BCUT2D eigenvalue weighted by atomic mass is 16.3. The van der Waals surface area contributed by atoms with E-state index in [0.29, 0.717) is 17.8 Å². The van der Waals surface area contributed by atoms with E-state index in [1.807, 2.05) is 24.3 Å². The standard InChI is InChI=1S/C15H13NO3/c17-9-13-6-7-14(19-13)11-2-1-3-12(8-11)16-15(18)10-4-5-10/h1-3,6-10H,4-5H2,(H,16,18). The van der Waals surface area contributed by atoms with Gasteiger partial charge >= 0.3 is 0 Å². The summed E-state index contributed by atoms with van der Waals surface area (Å²) in [6.07, 6.45) is 2.63. The molecule has 1 amide bonds. The number of anilines is 1. The van der Waals surface area contributed by atoms with Gasteiger partial charge in [0.1, 0.15) is 5.76 Å². The molecule has 4 nitrogen and oxygen atoms in total. The number of carbonyl (C=O) groups excluding carboxylic acids is 2. The molecule has 1 aliphatic carbocycles. The van der Waals surface area contributed by atoms with Crippen molar-refractivity contribution >= 4 is 17.9 Å². The quantitative estimate of drug-likeness (QED) is 0.854. The van der Waals surface area contributed by atoms with E-state index in [1.54, 1.807) is 12.1 Å². The fourth-order valence-corrected chi connectivity index (χ4v) is 1.91. The summed E-state index contributed by atoms with van der Waals surface area (Å²) in [4.78, 5) is 22.3. The van der Waals surface area contributed by atoms with Crippen molar-refractivity contribution < 1.29 is 14.0 Å².